The Labute approximate surface area is 121 Å². The highest BCUT2D eigenvalue weighted by atomic mass is 16.2. The van der Waals surface area contributed by atoms with Gasteiger partial charge in [-0.15, -0.1) is 0 Å². The number of carbonyl (C=O) groups excluding carboxylic acids is 2. The lowest BCUT2D eigenvalue weighted by Crippen LogP contribution is -2.33. The zero-order chi connectivity index (χ0) is 14.8. The van der Waals surface area contributed by atoms with Crippen LogP contribution in [0.15, 0.2) is 30.3 Å². The van der Waals surface area contributed by atoms with E-state index in [-0.39, 0.29) is 18.2 Å². The Hall–Kier alpha value is -1.84. The second kappa shape index (κ2) is 9.13. The van der Waals surface area contributed by atoms with E-state index >= 15 is 0 Å². The van der Waals surface area contributed by atoms with Crippen molar-refractivity contribution in [3.05, 3.63) is 35.9 Å². The number of hydrogen-bond donors (Lipinski definition) is 2. The molecule has 0 radical (unpaired) electrons. The van der Waals surface area contributed by atoms with Gasteiger partial charge in [0, 0.05) is 13.1 Å². The predicted molar refractivity (Wildman–Crippen MR) is 80.2 cm³/mol. The molecular formula is C16H24N2O2. The summed E-state index contributed by atoms with van der Waals surface area (Å²) in [6.45, 7) is 5.39. The SMILES string of the molecule is CC(C)CCNC(=O)CC(=O)NCCc1ccccc1. The fourth-order valence-corrected chi connectivity index (χ4v) is 1.76. The van der Waals surface area contributed by atoms with Crippen molar-refractivity contribution in [2.45, 2.75) is 33.1 Å². The number of hydrogen-bond acceptors (Lipinski definition) is 2. The molecule has 0 saturated heterocycles. The fraction of sp³-hybridized carbons (Fsp3) is 0.500. The Kier molecular flexibility index (Phi) is 7.40. The van der Waals surface area contributed by atoms with Gasteiger partial charge in [0.25, 0.3) is 0 Å². The molecule has 1 aromatic carbocycles. The molecule has 0 aliphatic heterocycles. The third-order valence-electron chi connectivity index (χ3n) is 2.94. The number of benzene rings is 1. The average Bonchev–Trinajstić information content (AvgIpc) is 2.39. The molecule has 0 spiro atoms. The third-order valence-corrected chi connectivity index (χ3v) is 2.94. The van der Waals surface area contributed by atoms with Gasteiger partial charge in [-0.3, -0.25) is 9.59 Å². The normalized spacial score (nSPS) is 10.3. The molecule has 0 fully saturated rings. The minimum Gasteiger partial charge on any atom is -0.356 e. The second-order valence-corrected chi connectivity index (χ2v) is 5.29. The van der Waals surface area contributed by atoms with Crippen molar-refractivity contribution in [2.75, 3.05) is 13.1 Å². The average molecular weight is 276 g/mol. The monoisotopic (exact) mass is 276 g/mol. The fourth-order valence-electron chi connectivity index (χ4n) is 1.76. The van der Waals surface area contributed by atoms with E-state index in [1.54, 1.807) is 0 Å². The molecule has 2 amide bonds. The molecule has 4 nitrogen and oxygen atoms in total. The molecule has 0 saturated carbocycles. The summed E-state index contributed by atoms with van der Waals surface area (Å²) < 4.78 is 0. The first-order valence-electron chi connectivity index (χ1n) is 7.15. The van der Waals surface area contributed by atoms with Crippen LogP contribution >= 0.6 is 0 Å². The van der Waals surface area contributed by atoms with Crippen LogP contribution in [0.1, 0.15) is 32.3 Å². The predicted octanol–water partition coefficient (Wildman–Crippen LogP) is 1.90. The second-order valence-electron chi connectivity index (χ2n) is 5.29. The van der Waals surface area contributed by atoms with Crippen LogP contribution in [0.3, 0.4) is 0 Å². The summed E-state index contributed by atoms with van der Waals surface area (Å²) in [5.41, 5.74) is 1.18. The molecule has 0 atom stereocenters. The Morgan fingerprint density at radius 1 is 1.00 bits per heavy atom. The van der Waals surface area contributed by atoms with Crippen LogP contribution in [0.2, 0.25) is 0 Å². The van der Waals surface area contributed by atoms with Crippen molar-refractivity contribution in [2.24, 2.45) is 5.92 Å². The molecule has 2 N–H and O–H groups in total. The standard InChI is InChI=1S/C16H24N2O2/c1-13(2)8-10-17-15(19)12-16(20)18-11-9-14-6-4-3-5-7-14/h3-7,13H,8-12H2,1-2H3,(H,17,19)(H,18,20). The molecule has 1 rings (SSSR count). The van der Waals surface area contributed by atoms with Crippen LogP contribution in [-0.4, -0.2) is 24.9 Å². The van der Waals surface area contributed by atoms with Crippen molar-refractivity contribution >= 4 is 11.8 Å². The van der Waals surface area contributed by atoms with Gasteiger partial charge in [-0.2, -0.15) is 0 Å². The first-order valence-corrected chi connectivity index (χ1v) is 7.15. The molecule has 0 bridgehead atoms. The van der Waals surface area contributed by atoms with E-state index in [0.29, 0.717) is 19.0 Å². The summed E-state index contributed by atoms with van der Waals surface area (Å²) in [5, 5.41) is 5.51. The van der Waals surface area contributed by atoms with E-state index in [2.05, 4.69) is 24.5 Å². The molecule has 110 valence electrons. The largest absolute Gasteiger partial charge is 0.356 e. The number of amides is 2. The van der Waals surface area contributed by atoms with Crippen LogP contribution < -0.4 is 10.6 Å². The highest BCUT2D eigenvalue weighted by molar-refractivity contribution is 5.96. The van der Waals surface area contributed by atoms with Crippen molar-refractivity contribution in [3.8, 4) is 0 Å². The lowest BCUT2D eigenvalue weighted by molar-refractivity contribution is -0.129. The topological polar surface area (TPSA) is 58.2 Å². The zero-order valence-corrected chi connectivity index (χ0v) is 12.3. The summed E-state index contributed by atoms with van der Waals surface area (Å²) in [4.78, 5) is 23.1. The summed E-state index contributed by atoms with van der Waals surface area (Å²) in [6, 6.07) is 9.94. The van der Waals surface area contributed by atoms with E-state index < -0.39 is 0 Å². The summed E-state index contributed by atoms with van der Waals surface area (Å²) in [5.74, 6) is 0.126. The highest BCUT2D eigenvalue weighted by Gasteiger charge is 2.08. The number of nitrogens with one attached hydrogen (secondary N) is 2. The van der Waals surface area contributed by atoms with Gasteiger partial charge in [0.2, 0.25) is 11.8 Å². The summed E-state index contributed by atoms with van der Waals surface area (Å²) in [6.07, 6.45) is 1.62. The molecule has 0 unspecified atom stereocenters. The number of rotatable bonds is 8. The van der Waals surface area contributed by atoms with Gasteiger partial charge < -0.3 is 10.6 Å². The lowest BCUT2D eigenvalue weighted by Gasteiger charge is -2.08. The molecule has 0 aromatic heterocycles. The third kappa shape index (κ3) is 7.56. The quantitative estimate of drug-likeness (QED) is 0.712. The van der Waals surface area contributed by atoms with E-state index in [0.717, 1.165) is 12.8 Å². The molecule has 0 aliphatic rings. The summed E-state index contributed by atoms with van der Waals surface area (Å²) in [7, 11) is 0. The molecule has 4 heteroatoms. The number of carbonyl (C=O) groups is 2. The van der Waals surface area contributed by atoms with Crippen molar-refractivity contribution in [3.63, 3.8) is 0 Å². The maximum atomic E-state index is 11.6. The van der Waals surface area contributed by atoms with E-state index in [1.807, 2.05) is 30.3 Å². The Morgan fingerprint density at radius 2 is 1.60 bits per heavy atom. The minimum absolute atomic E-state index is 0.0904. The minimum atomic E-state index is -0.219. The first kappa shape index (κ1) is 16.2. The molecule has 0 aliphatic carbocycles. The lowest BCUT2D eigenvalue weighted by atomic mass is 10.1. The smallest absolute Gasteiger partial charge is 0.229 e. The van der Waals surface area contributed by atoms with Gasteiger partial charge in [0.05, 0.1) is 0 Å². The zero-order valence-electron chi connectivity index (χ0n) is 12.3. The molecule has 1 aromatic rings. The highest BCUT2D eigenvalue weighted by Crippen LogP contribution is 1.98. The van der Waals surface area contributed by atoms with Gasteiger partial charge in [0.15, 0.2) is 0 Å². The first-order chi connectivity index (χ1) is 9.58. The Bertz CT molecular complexity index is 416. The van der Waals surface area contributed by atoms with E-state index in [9.17, 15) is 9.59 Å². The van der Waals surface area contributed by atoms with Crippen LogP contribution in [0, 0.1) is 5.92 Å². The van der Waals surface area contributed by atoms with Gasteiger partial charge in [-0.25, -0.2) is 0 Å². The molecule has 20 heavy (non-hydrogen) atoms. The Balaban J connectivity index is 2.12. The molecular weight excluding hydrogens is 252 g/mol. The molecule has 0 heterocycles. The van der Waals surface area contributed by atoms with Gasteiger partial charge in [-0.05, 0) is 24.3 Å². The van der Waals surface area contributed by atoms with Crippen LogP contribution in [0.4, 0.5) is 0 Å². The van der Waals surface area contributed by atoms with Gasteiger partial charge >= 0.3 is 0 Å². The van der Waals surface area contributed by atoms with Crippen molar-refractivity contribution < 1.29 is 9.59 Å². The van der Waals surface area contributed by atoms with Crippen LogP contribution in [0.25, 0.3) is 0 Å². The van der Waals surface area contributed by atoms with E-state index in [1.165, 1.54) is 5.56 Å². The van der Waals surface area contributed by atoms with E-state index in [4.69, 9.17) is 0 Å². The van der Waals surface area contributed by atoms with Crippen molar-refractivity contribution in [1.82, 2.24) is 10.6 Å². The van der Waals surface area contributed by atoms with Gasteiger partial charge in [0.1, 0.15) is 6.42 Å². The van der Waals surface area contributed by atoms with Gasteiger partial charge in [-0.1, -0.05) is 44.2 Å². The summed E-state index contributed by atoms with van der Waals surface area (Å²) >= 11 is 0. The maximum Gasteiger partial charge on any atom is 0.229 e. The maximum absolute atomic E-state index is 11.6. The van der Waals surface area contributed by atoms with Crippen LogP contribution in [-0.2, 0) is 16.0 Å². The van der Waals surface area contributed by atoms with Crippen LogP contribution in [0.5, 0.6) is 0 Å². The van der Waals surface area contributed by atoms with Crippen molar-refractivity contribution in [1.29, 1.82) is 0 Å². The Morgan fingerprint density at radius 3 is 2.20 bits per heavy atom.